The van der Waals surface area contributed by atoms with E-state index < -0.39 is 17.5 Å². The van der Waals surface area contributed by atoms with Crippen molar-refractivity contribution in [1.82, 2.24) is 4.98 Å². The average molecular weight is 234 g/mol. The first-order chi connectivity index (χ1) is 7.14. The van der Waals surface area contributed by atoms with E-state index in [1.165, 1.54) is 27.0 Å². The van der Waals surface area contributed by atoms with E-state index in [-0.39, 0.29) is 11.4 Å². The molecular weight excluding hydrogens is 221 g/mol. The molecule has 16 heavy (non-hydrogen) atoms. The van der Waals surface area contributed by atoms with Gasteiger partial charge in [0, 0.05) is 12.7 Å². The highest BCUT2D eigenvalue weighted by atomic mass is 19.4. The SMILES string of the molecule is CNc1cc(C(C)(C)O)nc(C(F)(F)F)c1. The number of halogens is 3. The molecule has 0 radical (unpaired) electrons. The molecule has 90 valence electrons. The molecule has 0 saturated carbocycles. The molecule has 0 amide bonds. The van der Waals surface area contributed by atoms with Crippen LogP contribution in [0.5, 0.6) is 0 Å². The largest absolute Gasteiger partial charge is 0.433 e. The zero-order valence-corrected chi connectivity index (χ0v) is 9.18. The smallest absolute Gasteiger partial charge is 0.388 e. The summed E-state index contributed by atoms with van der Waals surface area (Å²) in [5.74, 6) is 0. The molecule has 0 saturated heterocycles. The quantitative estimate of drug-likeness (QED) is 0.825. The zero-order valence-electron chi connectivity index (χ0n) is 9.18. The molecule has 0 fully saturated rings. The lowest BCUT2D eigenvalue weighted by atomic mass is 10.0. The number of nitrogens with zero attached hydrogens (tertiary/aromatic N) is 1. The topological polar surface area (TPSA) is 45.1 Å². The van der Waals surface area contributed by atoms with Gasteiger partial charge in [0.1, 0.15) is 11.3 Å². The van der Waals surface area contributed by atoms with E-state index in [1.54, 1.807) is 0 Å². The Balaban J connectivity index is 3.33. The first-order valence-electron chi connectivity index (χ1n) is 4.64. The first-order valence-corrected chi connectivity index (χ1v) is 4.64. The van der Waals surface area contributed by atoms with Crippen LogP contribution in [-0.4, -0.2) is 17.1 Å². The van der Waals surface area contributed by atoms with Crippen molar-refractivity contribution in [3.8, 4) is 0 Å². The number of pyridine rings is 1. The van der Waals surface area contributed by atoms with Gasteiger partial charge in [-0.3, -0.25) is 0 Å². The highest BCUT2D eigenvalue weighted by Crippen LogP contribution is 2.31. The Bertz CT molecular complexity index is 350. The Hall–Kier alpha value is -1.30. The number of aromatic nitrogens is 1. The Morgan fingerprint density at radius 1 is 1.19 bits per heavy atom. The van der Waals surface area contributed by atoms with E-state index in [2.05, 4.69) is 10.3 Å². The van der Waals surface area contributed by atoms with Crippen molar-refractivity contribution in [2.75, 3.05) is 12.4 Å². The zero-order chi connectivity index (χ0) is 12.6. The van der Waals surface area contributed by atoms with Gasteiger partial charge in [0.2, 0.25) is 0 Å². The van der Waals surface area contributed by atoms with Gasteiger partial charge in [0.25, 0.3) is 0 Å². The normalized spacial score (nSPS) is 12.7. The van der Waals surface area contributed by atoms with E-state index in [9.17, 15) is 18.3 Å². The van der Waals surface area contributed by atoms with Crippen molar-refractivity contribution in [2.24, 2.45) is 0 Å². The van der Waals surface area contributed by atoms with Crippen molar-refractivity contribution in [1.29, 1.82) is 0 Å². The lowest BCUT2D eigenvalue weighted by Crippen LogP contribution is -2.20. The number of aliphatic hydroxyl groups is 1. The fourth-order valence-electron chi connectivity index (χ4n) is 1.13. The van der Waals surface area contributed by atoms with E-state index in [4.69, 9.17) is 0 Å². The van der Waals surface area contributed by atoms with Crippen LogP contribution in [0.3, 0.4) is 0 Å². The summed E-state index contributed by atoms with van der Waals surface area (Å²) in [6.45, 7) is 2.77. The lowest BCUT2D eigenvalue weighted by Gasteiger charge is -2.19. The number of rotatable bonds is 2. The van der Waals surface area contributed by atoms with E-state index in [1.807, 2.05) is 0 Å². The van der Waals surface area contributed by atoms with Crippen LogP contribution in [-0.2, 0) is 11.8 Å². The predicted octanol–water partition coefficient (Wildman–Crippen LogP) is 2.37. The van der Waals surface area contributed by atoms with Gasteiger partial charge < -0.3 is 10.4 Å². The van der Waals surface area contributed by atoms with Crippen LogP contribution in [0.4, 0.5) is 18.9 Å². The third-order valence-corrected chi connectivity index (χ3v) is 2.03. The molecule has 0 aromatic carbocycles. The number of hydrogen-bond donors (Lipinski definition) is 2. The molecule has 6 heteroatoms. The number of anilines is 1. The summed E-state index contributed by atoms with van der Waals surface area (Å²) in [5, 5.41) is 12.2. The molecule has 1 aromatic heterocycles. The van der Waals surface area contributed by atoms with Gasteiger partial charge in [0.15, 0.2) is 0 Å². The minimum absolute atomic E-state index is 0.0216. The second-order valence-electron chi connectivity index (χ2n) is 3.93. The van der Waals surface area contributed by atoms with Gasteiger partial charge in [0.05, 0.1) is 5.69 Å². The van der Waals surface area contributed by atoms with Crippen molar-refractivity contribution >= 4 is 5.69 Å². The third-order valence-electron chi connectivity index (χ3n) is 2.03. The Morgan fingerprint density at radius 3 is 2.06 bits per heavy atom. The van der Waals surface area contributed by atoms with Gasteiger partial charge in [-0.2, -0.15) is 13.2 Å². The van der Waals surface area contributed by atoms with Crippen LogP contribution < -0.4 is 5.32 Å². The molecule has 0 bridgehead atoms. The molecule has 0 atom stereocenters. The second-order valence-corrected chi connectivity index (χ2v) is 3.93. The summed E-state index contributed by atoms with van der Waals surface area (Å²) in [6, 6.07) is 2.28. The summed E-state index contributed by atoms with van der Waals surface area (Å²) in [7, 11) is 1.50. The molecule has 0 aliphatic rings. The summed E-state index contributed by atoms with van der Waals surface area (Å²) < 4.78 is 37.5. The van der Waals surface area contributed by atoms with E-state index >= 15 is 0 Å². The van der Waals surface area contributed by atoms with Crippen molar-refractivity contribution < 1.29 is 18.3 Å². The second kappa shape index (κ2) is 3.93. The van der Waals surface area contributed by atoms with Crippen molar-refractivity contribution in [2.45, 2.75) is 25.6 Å². The first kappa shape index (κ1) is 12.8. The molecule has 0 aliphatic heterocycles. The third kappa shape index (κ3) is 2.85. The number of nitrogens with one attached hydrogen (secondary N) is 1. The van der Waals surface area contributed by atoms with Crippen LogP contribution in [0.2, 0.25) is 0 Å². The fourth-order valence-corrected chi connectivity index (χ4v) is 1.13. The summed E-state index contributed by atoms with van der Waals surface area (Å²) in [6.07, 6.45) is -4.52. The van der Waals surface area contributed by atoms with E-state index in [0.717, 1.165) is 6.07 Å². The molecule has 0 aliphatic carbocycles. The van der Waals surface area contributed by atoms with Gasteiger partial charge in [-0.1, -0.05) is 0 Å². The van der Waals surface area contributed by atoms with Gasteiger partial charge >= 0.3 is 6.18 Å². The van der Waals surface area contributed by atoms with Gasteiger partial charge in [-0.25, -0.2) is 4.98 Å². The standard InChI is InChI=1S/C10H13F3N2O/c1-9(2,16)7-4-6(14-3)5-8(15-7)10(11,12)13/h4-5,16H,1-3H3,(H,14,15). The molecule has 1 rings (SSSR count). The molecule has 1 heterocycles. The molecule has 0 unspecified atom stereocenters. The van der Waals surface area contributed by atoms with Crippen LogP contribution in [0.1, 0.15) is 25.2 Å². The maximum atomic E-state index is 12.5. The monoisotopic (exact) mass is 234 g/mol. The highest BCUT2D eigenvalue weighted by molar-refractivity contribution is 5.46. The van der Waals surface area contributed by atoms with Gasteiger partial charge in [-0.15, -0.1) is 0 Å². The minimum atomic E-state index is -4.52. The van der Waals surface area contributed by atoms with Crippen LogP contribution >= 0.6 is 0 Å². The molecular formula is C10H13F3N2O. The highest BCUT2D eigenvalue weighted by Gasteiger charge is 2.34. The molecule has 0 spiro atoms. The Kier molecular flexibility index (Phi) is 3.14. The summed E-state index contributed by atoms with van der Waals surface area (Å²) in [5.41, 5.74) is -2.19. The van der Waals surface area contributed by atoms with Crippen molar-refractivity contribution in [3.05, 3.63) is 23.5 Å². The Morgan fingerprint density at radius 2 is 1.69 bits per heavy atom. The summed E-state index contributed by atoms with van der Waals surface area (Å²) >= 11 is 0. The maximum Gasteiger partial charge on any atom is 0.433 e. The van der Waals surface area contributed by atoms with E-state index in [0.29, 0.717) is 0 Å². The van der Waals surface area contributed by atoms with Crippen molar-refractivity contribution in [3.63, 3.8) is 0 Å². The predicted molar refractivity (Wildman–Crippen MR) is 54.0 cm³/mol. The summed E-state index contributed by atoms with van der Waals surface area (Å²) in [4.78, 5) is 3.41. The minimum Gasteiger partial charge on any atom is -0.388 e. The fraction of sp³-hybridized carbons (Fsp3) is 0.500. The Labute approximate surface area is 91.3 Å². The molecule has 3 nitrogen and oxygen atoms in total. The van der Waals surface area contributed by atoms with Gasteiger partial charge in [-0.05, 0) is 26.0 Å². The lowest BCUT2D eigenvalue weighted by molar-refractivity contribution is -0.141. The van der Waals surface area contributed by atoms with Crippen LogP contribution in [0, 0.1) is 0 Å². The van der Waals surface area contributed by atoms with Crippen LogP contribution in [0.15, 0.2) is 12.1 Å². The number of alkyl halides is 3. The maximum absolute atomic E-state index is 12.5. The van der Waals surface area contributed by atoms with Crippen LogP contribution in [0.25, 0.3) is 0 Å². The average Bonchev–Trinajstić information content (AvgIpc) is 2.14. The molecule has 1 aromatic rings. The number of hydrogen-bond acceptors (Lipinski definition) is 3. The molecule has 2 N–H and O–H groups in total.